The molecule has 0 saturated carbocycles. The van der Waals surface area contributed by atoms with Crippen LogP contribution in [0, 0.1) is 0 Å². The maximum Gasteiger partial charge on any atom is 0.229 e. The quantitative estimate of drug-likeness (QED) is 0.572. The number of aromatic nitrogens is 3. The molecule has 2 aliphatic rings. The lowest BCUT2D eigenvalue weighted by atomic mass is 10.0. The molecule has 2 aromatic heterocycles. The molecule has 0 radical (unpaired) electrons. The van der Waals surface area contributed by atoms with Crippen LogP contribution in [0.5, 0.6) is 5.75 Å². The first kappa shape index (κ1) is 21.4. The van der Waals surface area contributed by atoms with Gasteiger partial charge in [-0.15, -0.1) is 0 Å². The first-order valence-corrected chi connectivity index (χ1v) is 11.7. The van der Waals surface area contributed by atoms with Gasteiger partial charge in [0.2, 0.25) is 5.89 Å². The number of nitrogens with one attached hydrogen (secondary N) is 1. The number of benzene rings is 1. The number of hydrogen-bond acceptors (Lipinski definition) is 7. The molecule has 1 aromatic carbocycles. The Labute approximate surface area is 188 Å². The average molecular weight is 441 g/mol. The summed E-state index contributed by atoms with van der Waals surface area (Å²) in [6.45, 7) is 5.21. The zero-order valence-corrected chi connectivity index (χ0v) is 18.7. The van der Waals surface area contributed by atoms with E-state index in [0.29, 0.717) is 25.0 Å². The van der Waals surface area contributed by atoms with Crippen molar-refractivity contribution in [3.05, 3.63) is 41.7 Å². The molecule has 32 heavy (non-hydrogen) atoms. The summed E-state index contributed by atoms with van der Waals surface area (Å²) in [6.07, 6.45) is 7.13. The first-order chi connectivity index (χ1) is 15.8. The summed E-state index contributed by atoms with van der Waals surface area (Å²) in [5.41, 5.74) is 2.47. The highest BCUT2D eigenvalue weighted by Crippen LogP contribution is 2.27. The van der Waals surface area contributed by atoms with Gasteiger partial charge in [0.05, 0.1) is 19.8 Å². The third-order valence-electron chi connectivity index (χ3n) is 6.64. The molecule has 0 aliphatic carbocycles. The van der Waals surface area contributed by atoms with Crippen LogP contribution >= 0.6 is 0 Å². The van der Waals surface area contributed by atoms with E-state index in [0.717, 1.165) is 81.5 Å². The second kappa shape index (κ2) is 10.0. The van der Waals surface area contributed by atoms with Crippen LogP contribution in [0.15, 0.2) is 28.9 Å². The number of likely N-dealkylation sites (tertiary alicyclic amines) is 1. The van der Waals surface area contributed by atoms with Crippen molar-refractivity contribution in [2.75, 3.05) is 40.0 Å². The van der Waals surface area contributed by atoms with Crippen molar-refractivity contribution < 1.29 is 18.7 Å². The SMILES string of the molecule is COc1ccc2[nH]cc(CN3CCC(OCCc4noc(C5CCOCC5)n4)CC3)c2c1. The van der Waals surface area contributed by atoms with Crippen molar-refractivity contribution in [3.8, 4) is 5.75 Å². The van der Waals surface area contributed by atoms with E-state index in [4.69, 9.17) is 18.7 Å². The normalized spacial score (nSPS) is 19.0. The number of aromatic amines is 1. The first-order valence-electron chi connectivity index (χ1n) is 11.7. The van der Waals surface area contributed by atoms with Gasteiger partial charge in [0.1, 0.15) is 5.75 Å². The highest BCUT2D eigenvalue weighted by molar-refractivity contribution is 5.84. The monoisotopic (exact) mass is 440 g/mol. The Balaban J connectivity index is 1.06. The molecular formula is C24H32N4O4. The fourth-order valence-corrected chi connectivity index (χ4v) is 4.69. The molecule has 0 unspecified atom stereocenters. The minimum atomic E-state index is 0.302. The largest absolute Gasteiger partial charge is 0.497 e. The Morgan fingerprint density at radius 3 is 2.81 bits per heavy atom. The zero-order chi connectivity index (χ0) is 21.8. The van der Waals surface area contributed by atoms with Gasteiger partial charge >= 0.3 is 0 Å². The smallest absolute Gasteiger partial charge is 0.229 e. The maximum atomic E-state index is 6.13. The van der Waals surface area contributed by atoms with Gasteiger partial charge < -0.3 is 23.7 Å². The summed E-state index contributed by atoms with van der Waals surface area (Å²) in [5.74, 6) is 2.74. The minimum absolute atomic E-state index is 0.302. The fourth-order valence-electron chi connectivity index (χ4n) is 4.69. The van der Waals surface area contributed by atoms with Crippen LogP contribution in [0.4, 0.5) is 0 Å². The van der Waals surface area contributed by atoms with Gasteiger partial charge in [-0.05, 0) is 49.4 Å². The van der Waals surface area contributed by atoms with Crippen molar-refractivity contribution in [1.82, 2.24) is 20.0 Å². The summed E-state index contributed by atoms with van der Waals surface area (Å²) in [7, 11) is 1.71. The van der Waals surface area contributed by atoms with Crippen LogP contribution in [0.2, 0.25) is 0 Å². The van der Waals surface area contributed by atoms with E-state index in [1.807, 2.05) is 6.07 Å². The summed E-state index contributed by atoms with van der Waals surface area (Å²) in [4.78, 5) is 10.4. The van der Waals surface area contributed by atoms with E-state index >= 15 is 0 Å². The lowest BCUT2D eigenvalue weighted by Gasteiger charge is -2.31. The Hall–Kier alpha value is -2.42. The third-order valence-corrected chi connectivity index (χ3v) is 6.64. The van der Waals surface area contributed by atoms with Crippen LogP contribution in [0.3, 0.4) is 0 Å². The number of methoxy groups -OCH3 is 1. The average Bonchev–Trinajstić information content (AvgIpc) is 3.48. The Morgan fingerprint density at radius 2 is 2.00 bits per heavy atom. The topological polar surface area (TPSA) is 85.6 Å². The van der Waals surface area contributed by atoms with Crippen LogP contribution < -0.4 is 4.74 Å². The molecule has 3 aromatic rings. The highest BCUT2D eigenvalue weighted by atomic mass is 16.5. The lowest BCUT2D eigenvalue weighted by Crippen LogP contribution is -2.36. The minimum Gasteiger partial charge on any atom is -0.497 e. The van der Waals surface area contributed by atoms with Crippen LogP contribution in [0.1, 0.15) is 48.9 Å². The van der Waals surface area contributed by atoms with E-state index in [-0.39, 0.29) is 0 Å². The molecule has 2 fully saturated rings. The Kier molecular flexibility index (Phi) is 6.71. The summed E-state index contributed by atoms with van der Waals surface area (Å²) in [5, 5.41) is 5.38. The van der Waals surface area contributed by atoms with Crippen molar-refractivity contribution >= 4 is 10.9 Å². The van der Waals surface area contributed by atoms with Gasteiger partial charge in [-0.1, -0.05) is 5.16 Å². The van der Waals surface area contributed by atoms with Gasteiger partial charge in [-0.3, -0.25) is 4.90 Å². The molecule has 2 saturated heterocycles. The number of rotatable bonds is 8. The van der Waals surface area contributed by atoms with Gasteiger partial charge in [0.25, 0.3) is 0 Å². The lowest BCUT2D eigenvalue weighted by molar-refractivity contribution is 0.00684. The van der Waals surface area contributed by atoms with E-state index < -0.39 is 0 Å². The van der Waals surface area contributed by atoms with E-state index in [1.54, 1.807) is 7.11 Å². The predicted octanol–water partition coefficient (Wildman–Crippen LogP) is 3.68. The Morgan fingerprint density at radius 1 is 1.16 bits per heavy atom. The summed E-state index contributed by atoms with van der Waals surface area (Å²) in [6, 6.07) is 6.18. The summed E-state index contributed by atoms with van der Waals surface area (Å²) >= 11 is 0. The number of fused-ring (bicyclic) bond motifs is 1. The van der Waals surface area contributed by atoms with Crippen molar-refractivity contribution in [1.29, 1.82) is 0 Å². The molecule has 4 heterocycles. The van der Waals surface area contributed by atoms with Crippen LogP contribution in [0.25, 0.3) is 10.9 Å². The van der Waals surface area contributed by atoms with Crippen molar-refractivity contribution in [2.24, 2.45) is 0 Å². The van der Waals surface area contributed by atoms with Crippen molar-refractivity contribution in [2.45, 2.75) is 50.7 Å². The molecule has 8 nitrogen and oxygen atoms in total. The van der Waals surface area contributed by atoms with Crippen LogP contribution in [-0.4, -0.2) is 66.1 Å². The van der Waals surface area contributed by atoms with E-state index in [2.05, 4.69) is 38.4 Å². The number of piperidine rings is 1. The molecule has 2 aliphatic heterocycles. The molecule has 0 spiro atoms. The van der Waals surface area contributed by atoms with E-state index in [1.165, 1.54) is 10.9 Å². The van der Waals surface area contributed by atoms with Gasteiger partial charge in [-0.25, -0.2) is 0 Å². The Bertz CT molecular complexity index is 1000. The third kappa shape index (κ3) is 4.98. The second-order valence-corrected chi connectivity index (χ2v) is 8.76. The summed E-state index contributed by atoms with van der Waals surface area (Å²) < 4.78 is 22.4. The van der Waals surface area contributed by atoms with Crippen LogP contribution in [-0.2, 0) is 22.4 Å². The molecular weight excluding hydrogens is 408 g/mol. The number of hydrogen-bond donors (Lipinski definition) is 1. The highest BCUT2D eigenvalue weighted by Gasteiger charge is 2.23. The number of ether oxygens (including phenoxy) is 3. The molecule has 8 heteroatoms. The molecule has 1 N–H and O–H groups in total. The van der Waals surface area contributed by atoms with Crippen molar-refractivity contribution in [3.63, 3.8) is 0 Å². The zero-order valence-electron chi connectivity index (χ0n) is 18.7. The molecule has 172 valence electrons. The second-order valence-electron chi connectivity index (χ2n) is 8.76. The molecule has 0 atom stereocenters. The van der Waals surface area contributed by atoms with E-state index in [9.17, 15) is 0 Å². The van der Waals surface area contributed by atoms with Gasteiger partial charge in [0, 0.05) is 62.3 Å². The standard InChI is InChI=1S/C24H32N4O4/c1-29-20-2-3-22-21(14-20)18(15-25-22)16-28-9-4-19(5-10-28)31-13-8-23-26-24(32-27-23)17-6-11-30-12-7-17/h2-3,14-15,17,19,25H,4-13,16H2,1H3. The number of nitrogens with zero attached hydrogens (tertiary/aromatic N) is 3. The molecule has 0 bridgehead atoms. The van der Waals surface area contributed by atoms with Gasteiger partial charge in [0.15, 0.2) is 5.82 Å². The number of H-pyrrole nitrogens is 1. The maximum absolute atomic E-state index is 6.13. The predicted molar refractivity (Wildman–Crippen MR) is 120 cm³/mol. The molecule has 5 rings (SSSR count). The fraction of sp³-hybridized carbons (Fsp3) is 0.583. The van der Waals surface area contributed by atoms with Gasteiger partial charge in [-0.2, -0.15) is 4.98 Å². The molecule has 0 amide bonds.